The summed E-state index contributed by atoms with van der Waals surface area (Å²) >= 11 is 0. The molecule has 10 nitrogen and oxygen atoms in total. The van der Waals surface area contributed by atoms with Gasteiger partial charge in [0.2, 0.25) is 5.91 Å². The summed E-state index contributed by atoms with van der Waals surface area (Å²) in [7, 11) is 0. The molecule has 1 aliphatic heterocycles. The minimum absolute atomic E-state index is 0.121. The average molecular weight is 514 g/mol. The lowest BCUT2D eigenvalue weighted by Gasteiger charge is -2.19. The maximum absolute atomic E-state index is 12.4. The molecule has 0 saturated carbocycles. The van der Waals surface area contributed by atoms with Crippen LogP contribution in [0.15, 0.2) is 67.0 Å². The molecule has 10 heteroatoms. The van der Waals surface area contributed by atoms with Gasteiger partial charge in [-0.1, -0.05) is 67.6 Å². The van der Waals surface area contributed by atoms with Crippen molar-refractivity contribution in [3.05, 3.63) is 83.9 Å². The third-order valence-electron chi connectivity index (χ3n) is 6.66. The monoisotopic (exact) mass is 513 g/mol. The van der Waals surface area contributed by atoms with Crippen LogP contribution < -0.4 is 16.2 Å². The minimum atomic E-state index is -0.673. The molecule has 5 rings (SSSR count). The molecular weight excluding hydrogens is 482 g/mol. The number of nitrogens with zero attached hydrogens (tertiary/aromatic N) is 4. The average Bonchev–Trinajstić information content (AvgIpc) is 3.60. The Hall–Kier alpha value is -4.31. The third kappa shape index (κ3) is 5.50. The van der Waals surface area contributed by atoms with E-state index in [1.165, 1.54) is 11.1 Å². The highest BCUT2D eigenvalue weighted by molar-refractivity contribution is 5.85. The molecule has 3 N–H and O–H groups in total. The Balaban J connectivity index is 1.34. The zero-order chi connectivity index (χ0) is 26.5. The fourth-order valence-corrected chi connectivity index (χ4v) is 4.67. The second kappa shape index (κ2) is 11.4. The van der Waals surface area contributed by atoms with Crippen molar-refractivity contribution in [2.75, 3.05) is 11.9 Å². The second-order valence-electron chi connectivity index (χ2n) is 9.25. The van der Waals surface area contributed by atoms with Gasteiger partial charge in [0, 0.05) is 18.9 Å². The lowest BCUT2D eigenvalue weighted by molar-refractivity contribution is -0.137. The van der Waals surface area contributed by atoms with E-state index in [1.807, 2.05) is 47.9 Å². The SMILES string of the molecule is CCC(=O)NNC(=O)C1CCC(n2cnc3c(NCC(c4ccccc4)c4ccccc4)nc(C)nc32)O1. The Labute approximate surface area is 220 Å². The first-order chi connectivity index (χ1) is 18.5. The van der Waals surface area contributed by atoms with Gasteiger partial charge in [0.25, 0.3) is 5.91 Å². The number of fused-ring (bicyclic) bond motifs is 1. The molecule has 196 valence electrons. The van der Waals surface area contributed by atoms with Crippen LogP contribution in [0.3, 0.4) is 0 Å². The summed E-state index contributed by atoms with van der Waals surface area (Å²) in [5, 5.41) is 3.52. The maximum atomic E-state index is 12.4. The lowest BCUT2D eigenvalue weighted by atomic mass is 9.91. The molecule has 3 heterocycles. The van der Waals surface area contributed by atoms with Crippen molar-refractivity contribution in [1.29, 1.82) is 0 Å². The van der Waals surface area contributed by atoms with Crippen LogP contribution in [0.25, 0.3) is 11.2 Å². The number of rotatable bonds is 8. The molecule has 0 aliphatic carbocycles. The number of anilines is 1. The van der Waals surface area contributed by atoms with E-state index in [-0.39, 0.29) is 24.2 Å². The van der Waals surface area contributed by atoms with Crippen LogP contribution in [0.4, 0.5) is 5.82 Å². The maximum Gasteiger partial charge on any atom is 0.267 e. The van der Waals surface area contributed by atoms with Crippen molar-refractivity contribution < 1.29 is 14.3 Å². The summed E-state index contributed by atoms with van der Waals surface area (Å²) in [5.41, 5.74) is 8.50. The van der Waals surface area contributed by atoms with Crippen molar-refractivity contribution in [2.45, 2.75) is 51.4 Å². The zero-order valence-electron chi connectivity index (χ0n) is 21.4. The van der Waals surface area contributed by atoms with Crippen LogP contribution in [0.2, 0.25) is 0 Å². The molecule has 2 aromatic carbocycles. The van der Waals surface area contributed by atoms with Crippen molar-refractivity contribution >= 4 is 28.8 Å². The van der Waals surface area contributed by atoms with Crippen LogP contribution in [0.1, 0.15) is 55.3 Å². The largest absolute Gasteiger partial charge is 0.367 e. The van der Waals surface area contributed by atoms with Gasteiger partial charge >= 0.3 is 0 Å². The van der Waals surface area contributed by atoms with Crippen LogP contribution >= 0.6 is 0 Å². The van der Waals surface area contributed by atoms with E-state index in [4.69, 9.17) is 4.74 Å². The number of benzene rings is 2. The van der Waals surface area contributed by atoms with Gasteiger partial charge in [-0.25, -0.2) is 15.0 Å². The topological polar surface area (TPSA) is 123 Å². The van der Waals surface area contributed by atoms with Gasteiger partial charge in [0.05, 0.1) is 6.33 Å². The number of ether oxygens (including phenoxy) is 1. The highest BCUT2D eigenvalue weighted by Crippen LogP contribution is 2.32. The van der Waals surface area contributed by atoms with Crippen molar-refractivity contribution in [3.8, 4) is 0 Å². The van der Waals surface area contributed by atoms with E-state index in [1.54, 1.807) is 13.3 Å². The first-order valence-corrected chi connectivity index (χ1v) is 12.8. The Kier molecular flexibility index (Phi) is 7.60. The molecule has 0 radical (unpaired) electrons. The number of carbonyl (C=O) groups is 2. The van der Waals surface area contributed by atoms with E-state index >= 15 is 0 Å². The highest BCUT2D eigenvalue weighted by atomic mass is 16.5. The smallest absolute Gasteiger partial charge is 0.267 e. The van der Waals surface area contributed by atoms with Gasteiger partial charge in [-0.15, -0.1) is 0 Å². The summed E-state index contributed by atoms with van der Waals surface area (Å²) in [6.45, 7) is 4.18. The highest BCUT2D eigenvalue weighted by Gasteiger charge is 2.33. The fraction of sp³-hybridized carbons (Fsp3) is 0.321. The number of hydrazine groups is 1. The number of hydrogen-bond donors (Lipinski definition) is 3. The molecule has 0 spiro atoms. The second-order valence-corrected chi connectivity index (χ2v) is 9.25. The number of carbonyl (C=O) groups excluding carboxylic acids is 2. The quantitative estimate of drug-likeness (QED) is 0.308. The molecule has 2 aromatic heterocycles. The van der Waals surface area contributed by atoms with Crippen LogP contribution in [-0.4, -0.2) is 44.0 Å². The van der Waals surface area contributed by atoms with Crippen molar-refractivity contribution in [3.63, 3.8) is 0 Å². The van der Waals surface area contributed by atoms with Crippen LogP contribution in [0, 0.1) is 6.92 Å². The fourth-order valence-electron chi connectivity index (χ4n) is 4.67. The van der Waals surface area contributed by atoms with E-state index in [0.717, 1.165) is 0 Å². The van der Waals surface area contributed by atoms with E-state index in [9.17, 15) is 9.59 Å². The molecular formula is C28H31N7O3. The standard InChI is InChI=1S/C28H31N7O3/c1-3-23(36)33-34-28(37)22-14-15-24(38-22)35-17-30-25-26(31-18(2)32-27(25)35)29-16-21(19-10-6-4-7-11-19)20-12-8-5-9-13-20/h4-13,17,21-22,24H,3,14-16H2,1-2H3,(H,33,36)(H,34,37)(H,29,31,32). The number of aromatic nitrogens is 4. The van der Waals surface area contributed by atoms with Gasteiger partial charge in [-0.2, -0.15) is 0 Å². The van der Waals surface area contributed by atoms with Gasteiger partial charge < -0.3 is 10.1 Å². The summed E-state index contributed by atoms with van der Waals surface area (Å²) < 4.78 is 7.86. The van der Waals surface area contributed by atoms with E-state index in [0.29, 0.717) is 42.2 Å². The van der Waals surface area contributed by atoms with Gasteiger partial charge in [-0.3, -0.25) is 25.0 Å². The number of amides is 2. The van der Waals surface area contributed by atoms with Crippen molar-refractivity contribution in [1.82, 2.24) is 30.4 Å². The van der Waals surface area contributed by atoms with E-state index < -0.39 is 12.3 Å². The summed E-state index contributed by atoms with van der Waals surface area (Å²) in [4.78, 5) is 37.8. The van der Waals surface area contributed by atoms with Gasteiger partial charge in [0.15, 0.2) is 17.0 Å². The minimum Gasteiger partial charge on any atom is -0.367 e. The van der Waals surface area contributed by atoms with Crippen LogP contribution in [0.5, 0.6) is 0 Å². The Morgan fingerprint density at radius 2 is 1.68 bits per heavy atom. The molecule has 2 atom stereocenters. The number of imidazole rings is 1. The number of nitrogens with one attached hydrogen (secondary N) is 3. The number of aryl methyl sites for hydroxylation is 1. The predicted octanol–water partition coefficient (Wildman–Crippen LogP) is 3.61. The Morgan fingerprint density at radius 1 is 1.00 bits per heavy atom. The first-order valence-electron chi connectivity index (χ1n) is 12.8. The summed E-state index contributed by atoms with van der Waals surface area (Å²) in [6, 6.07) is 20.8. The Bertz CT molecular complexity index is 1370. The van der Waals surface area contributed by atoms with Gasteiger partial charge in [-0.05, 0) is 30.9 Å². The molecule has 2 unspecified atom stereocenters. The molecule has 38 heavy (non-hydrogen) atoms. The first kappa shape index (κ1) is 25.3. The van der Waals surface area contributed by atoms with E-state index in [2.05, 4.69) is 55.4 Å². The van der Waals surface area contributed by atoms with Crippen molar-refractivity contribution in [2.24, 2.45) is 0 Å². The Morgan fingerprint density at radius 3 is 2.34 bits per heavy atom. The molecule has 2 amide bonds. The zero-order valence-corrected chi connectivity index (χ0v) is 21.4. The normalized spacial score (nSPS) is 17.0. The van der Waals surface area contributed by atoms with Gasteiger partial charge in [0.1, 0.15) is 18.2 Å². The summed E-state index contributed by atoms with van der Waals surface area (Å²) in [5.74, 6) is 0.739. The lowest BCUT2D eigenvalue weighted by Crippen LogP contribution is -2.46. The van der Waals surface area contributed by atoms with Crippen LogP contribution in [-0.2, 0) is 14.3 Å². The molecule has 1 fully saturated rings. The summed E-state index contributed by atoms with van der Waals surface area (Å²) in [6.07, 6.45) is 2.01. The molecule has 0 bridgehead atoms. The molecule has 1 aliphatic rings. The molecule has 4 aromatic rings. The molecule has 1 saturated heterocycles. The predicted molar refractivity (Wildman–Crippen MR) is 143 cm³/mol. The number of hydrogen-bond acceptors (Lipinski definition) is 7. The third-order valence-corrected chi connectivity index (χ3v) is 6.66.